The number of hydrogen-bond donors (Lipinski definition) is 2. The monoisotopic (exact) mass is 221 g/mol. The maximum Gasteiger partial charge on any atom is 0.188 e. The van der Waals surface area contributed by atoms with Crippen molar-refractivity contribution < 1.29 is 0 Å². The molecule has 88 valence electrons. The SMILES string of the molecule is NC(=NCCn1ccnc1)NC1CCCC1. The van der Waals surface area contributed by atoms with Crippen LogP contribution in [0.2, 0.25) is 0 Å². The van der Waals surface area contributed by atoms with E-state index in [2.05, 4.69) is 15.3 Å². The van der Waals surface area contributed by atoms with Gasteiger partial charge in [0, 0.05) is 25.0 Å². The molecule has 0 atom stereocenters. The third-order valence-corrected chi connectivity index (χ3v) is 2.91. The van der Waals surface area contributed by atoms with E-state index in [9.17, 15) is 0 Å². The van der Waals surface area contributed by atoms with Gasteiger partial charge in [0.05, 0.1) is 12.9 Å². The van der Waals surface area contributed by atoms with Crippen molar-refractivity contribution in [2.24, 2.45) is 10.7 Å². The van der Waals surface area contributed by atoms with Crippen LogP contribution in [-0.4, -0.2) is 28.1 Å². The smallest absolute Gasteiger partial charge is 0.188 e. The summed E-state index contributed by atoms with van der Waals surface area (Å²) in [4.78, 5) is 8.27. The van der Waals surface area contributed by atoms with Gasteiger partial charge in [0.1, 0.15) is 0 Å². The first-order valence-corrected chi connectivity index (χ1v) is 5.87. The second-order valence-electron chi connectivity index (χ2n) is 4.19. The second kappa shape index (κ2) is 5.53. The Morgan fingerprint density at radius 3 is 3.00 bits per heavy atom. The Balaban J connectivity index is 1.69. The van der Waals surface area contributed by atoms with E-state index in [1.54, 1.807) is 12.5 Å². The number of nitrogens with one attached hydrogen (secondary N) is 1. The lowest BCUT2D eigenvalue weighted by Crippen LogP contribution is -2.38. The minimum atomic E-state index is 0.539. The number of aliphatic imine (C=N–C) groups is 1. The highest BCUT2D eigenvalue weighted by atomic mass is 15.1. The highest BCUT2D eigenvalue weighted by Crippen LogP contribution is 2.17. The zero-order chi connectivity index (χ0) is 11.2. The number of rotatable bonds is 4. The zero-order valence-corrected chi connectivity index (χ0v) is 9.47. The number of aromatic nitrogens is 2. The van der Waals surface area contributed by atoms with Crippen LogP contribution in [0.4, 0.5) is 0 Å². The van der Waals surface area contributed by atoms with Crippen LogP contribution >= 0.6 is 0 Å². The quantitative estimate of drug-likeness (QED) is 0.582. The minimum absolute atomic E-state index is 0.539. The molecule has 0 aromatic carbocycles. The zero-order valence-electron chi connectivity index (χ0n) is 9.47. The molecule has 1 aromatic heterocycles. The number of nitrogens with two attached hydrogens (primary N) is 1. The number of guanidine groups is 1. The van der Waals surface area contributed by atoms with Crippen molar-refractivity contribution in [1.82, 2.24) is 14.9 Å². The lowest BCUT2D eigenvalue weighted by molar-refractivity contribution is 0.622. The summed E-state index contributed by atoms with van der Waals surface area (Å²) in [5.41, 5.74) is 5.81. The minimum Gasteiger partial charge on any atom is -0.370 e. The van der Waals surface area contributed by atoms with Crippen molar-refractivity contribution in [1.29, 1.82) is 0 Å². The van der Waals surface area contributed by atoms with E-state index in [1.807, 2.05) is 10.8 Å². The molecule has 5 nitrogen and oxygen atoms in total. The Morgan fingerprint density at radius 2 is 2.31 bits per heavy atom. The molecule has 0 unspecified atom stereocenters. The van der Waals surface area contributed by atoms with E-state index in [0.717, 1.165) is 6.54 Å². The summed E-state index contributed by atoms with van der Waals surface area (Å²) >= 11 is 0. The van der Waals surface area contributed by atoms with Crippen molar-refractivity contribution in [2.45, 2.75) is 38.3 Å². The third-order valence-electron chi connectivity index (χ3n) is 2.91. The lowest BCUT2D eigenvalue weighted by Gasteiger charge is -2.12. The van der Waals surface area contributed by atoms with Gasteiger partial charge in [-0.05, 0) is 12.8 Å². The van der Waals surface area contributed by atoms with Gasteiger partial charge in [-0.25, -0.2) is 4.98 Å². The molecular formula is C11H19N5. The molecule has 0 spiro atoms. The van der Waals surface area contributed by atoms with Crippen LogP contribution in [0.15, 0.2) is 23.7 Å². The lowest BCUT2D eigenvalue weighted by atomic mass is 10.2. The maximum absolute atomic E-state index is 5.81. The van der Waals surface area contributed by atoms with Gasteiger partial charge >= 0.3 is 0 Å². The molecule has 3 N–H and O–H groups in total. The molecule has 0 aliphatic heterocycles. The van der Waals surface area contributed by atoms with Crippen molar-refractivity contribution in [3.63, 3.8) is 0 Å². The molecule has 1 saturated carbocycles. The molecule has 0 amide bonds. The summed E-state index contributed by atoms with van der Waals surface area (Å²) in [6.07, 6.45) is 10.5. The van der Waals surface area contributed by atoms with Crippen LogP contribution in [0.1, 0.15) is 25.7 Å². The number of imidazole rings is 1. The van der Waals surface area contributed by atoms with Gasteiger partial charge < -0.3 is 15.6 Å². The molecule has 1 fully saturated rings. The summed E-state index contributed by atoms with van der Waals surface area (Å²) < 4.78 is 1.99. The van der Waals surface area contributed by atoms with Crippen LogP contribution in [0.3, 0.4) is 0 Å². The molecule has 1 aliphatic carbocycles. The normalized spacial score (nSPS) is 17.9. The molecule has 1 heterocycles. The summed E-state index contributed by atoms with van der Waals surface area (Å²) in [6.45, 7) is 1.52. The molecule has 1 aliphatic rings. The van der Waals surface area contributed by atoms with E-state index >= 15 is 0 Å². The molecule has 0 saturated heterocycles. The first-order valence-electron chi connectivity index (χ1n) is 5.87. The molecule has 1 aromatic rings. The molecular weight excluding hydrogens is 202 g/mol. The third kappa shape index (κ3) is 3.25. The molecule has 0 bridgehead atoms. The number of nitrogens with zero attached hydrogens (tertiary/aromatic N) is 3. The number of hydrogen-bond acceptors (Lipinski definition) is 2. The maximum atomic E-state index is 5.81. The standard InChI is InChI=1S/C11H19N5/c12-11(15-10-3-1-2-4-10)14-6-8-16-7-5-13-9-16/h5,7,9-10H,1-4,6,8H2,(H3,12,14,15). The fourth-order valence-electron chi connectivity index (χ4n) is 2.03. The average Bonchev–Trinajstić information content (AvgIpc) is 2.90. The van der Waals surface area contributed by atoms with Crippen LogP contribution in [0.5, 0.6) is 0 Å². The summed E-state index contributed by atoms with van der Waals surface area (Å²) in [6, 6.07) is 0.539. The summed E-state index contributed by atoms with van der Waals surface area (Å²) in [7, 11) is 0. The molecule has 5 heteroatoms. The van der Waals surface area contributed by atoms with Crippen LogP contribution in [0.25, 0.3) is 0 Å². The van der Waals surface area contributed by atoms with Crippen LogP contribution in [-0.2, 0) is 6.54 Å². The summed E-state index contributed by atoms with van der Waals surface area (Å²) in [5, 5.41) is 3.26. The molecule has 2 rings (SSSR count). The fraction of sp³-hybridized carbons (Fsp3) is 0.636. The van der Waals surface area contributed by atoms with Gasteiger partial charge in [-0.3, -0.25) is 4.99 Å². The highest BCUT2D eigenvalue weighted by molar-refractivity contribution is 5.78. The average molecular weight is 221 g/mol. The Morgan fingerprint density at radius 1 is 1.50 bits per heavy atom. The Bertz CT molecular complexity index is 324. The molecule has 16 heavy (non-hydrogen) atoms. The van der Waals surface area contributed by atoms with Crippen molar-refractivity contribution in [3.05, 3.63) is 18.7 Å². The van der Waals surface area contributed by atoms with Gasteiger partial charge in [-0.1, -0.05) is 12.8 Å². The van der Waals surface area contributed by atoms with Gasteiger partial charge in [0.2, 0.25) is 0 Å². The Labute approximate surface area is 95.8 Å². The topological polar surface area (TPSA) is 68.2 Å². The van der Waals surface area contributed by atoms with Gasteiger partial charge in [-0.15, -0.1) is 0 Å². The van der Waals surface area contributed by atoms with Crippen molar-refractivity contribution in [2.75, 3.05) is 6.54 Å². The second-order valence-corrected chi connectivity index (χ2v) is 4.19. The van der Waals surface area contributed by atoms with Gasteiger partial charge in [0.15, 0.2) is 5.96 Å². The van der Waals surface area contributed by atoms with Gasteiger partial charge in [-0.2, -0.15) is 0 Å². The Kier molecular flexibility index (Phi) is 3.80. The van der Waals surface area contributed by atoms with Crippen molar-refractivity contribution >= 4 is 5.96 Å². The molecule has 0 radical (unpaired) electrons. The largest absolute Gasteiger partial charge is 0.370 e. The highest BCUT2D eigenvalue weighted by Gasteiger charge is 2.14. The fourth-order valence-corrected chi connectivity index (χ4v) is 2.03. The first-order chi connectivity index (χ1) is 7.84. The van der Waals surface area contributed by atoms with E-state index in [4.69, 9.17) is 5.73 Å². The predicted molar refractivity (Wildman–Crippen MR) is 64.1 cm³/mol. The van der Waals surface area contributed by atoms with Crippen LogP contribution < -0.4 is 11.1 Å². The van der Waals surface area contributed by atoms with E-state index in [1.165, 1.54) is 25.7 Å². The van der Waals surface area contributed by atoms with Gasteiger partial charge in [0.25, 0.3) is 0 Å². The first kappa shape index (κ1) is 11.0. The summed E-state index contributed by atoms with van der Waals surface area (Å²) in [5.74, 6) is 0.576. The Hall–Kier alpha value is -1.52. The van der Waals surface area contributed by atoms with E-state index in [0.29, 0.717) is 18.5 Å². The van der Waals surface area contributed by atoms with E-state index in [-0.39, 0.29) is 0 Å². The van der Waals surface area contributed by atoms with Crippen LogP contribution in [0, 0.1) is 0 Å². The predicted octanol–water partition coefficient (Wildman–Crippen LogP) is 0.730. The van der Waals surface area contributed by atoms with E-state index < -0.39 is 0 Å². The van der Waals surface area contributed by atoms with Crippen molar-refractivity contribution in [3.8, 4) is 0 Å².